The Labute approximate surface area is 150 Å². The molecule has 0 spiro atoms. The lowest BCUT2D eigenvalue weighted by Crippen LogP contribution is -2.42. The third kappa shape index (κ3) is 3.82. The molecule has 0 radical (unpaired) electrons. The van der Waals surface area contributed by atoms with Crippen LogP contribution < -0.4 is 0 Å². The van der Waals surface area contributed by atoms with Crippen molar-refractivity contribution in [3.8, 4) is 0 Å². The van der Waals surface area contributed by atoms with Crippen LogP contribution in [0, 0.1) is 5.82 Å². The van der Waals surface area contributed by atoms with Crippen molar-refractivity contribution in [1.29, 1.82) is 0 Å². The van der Waals surface area contributed by atoms with Gasteiger partial charge in [0, 0.05) is 18.1 Å². The summed E-state index contributed by atoms with van der Waals surface area (Å²) >= 11 is 5.78. The molecule has 3 rings (SSSR count). The van der Waals surface area contributed by atoms with Gasteiger partial charge in [0.15, 0.2) is 6.10 Å². The van der Waals surface area contributed by atoms with Gasteiger partial charge in [-0.15, -0.1) is 0 Å². The zero-order chi connectivity index (χ0) is 18.0. The van der Waals surface area contributed by atoms with E-state index in [1.165, 1.54) is 24.6 Å². The summed E-state index contributed by atoms with van der Waals surface area (Å²) in [6.07, 6.45) is -0.248. The maximum Gasteiger partial charge on any atom is 0.341 e. The summed E-state index contributed by atoms with van der Waals surface area (Å²) in [7, 11) is 0. The number of ether oxygens (including phenoxy) is 1. The van der Waals surface area contributed by atoms with Crippen molar-refractivity contribution in [2.75, 3.05) is 6.54 Å². The lowest BCUT2D eigenvalue weighted by atomic mass is 9.99. The van der Waals surface area contributed by atoms with Crippen LogP contribution in [0.25, 0.3) is 0 Å². The molecule has 1 aliphatic heterocycles. The summed E-state index contributed by atoms with van der Waals surface area (Å²) in [5.41, 5.74) is 2.02. The van der Waals surface area contributed by atoms with E-state index in [2.05, 4.69) is 0 Å². The third-order valence-corrected chi connectivity index (χ3v) is 4.46. The zero-order valence-corrected chi connectivity index (χ0v) is 14.4. The summed E-state index contributed by atoms with van der Waals surface area (Å²) in [6, 6.07) is 11.5. The fraction of sp³-hybridized carbons (Fsp3) is 0.263. The molecule has 25 heavy (non-hydrogen) atoms. The summed E-state index contributed by atoms with van der Waals surface area (Å²) < 4.78 is 18.9. The van der Waals surface area contributed by atoms with Gasteiger partial charge < -0.3 is 9.64 Å². The van der Waals surface area contributed by atoms with Crippen LogP contribution in [0.2, 0.25) is 5.02 Å². The van der Waals surface area contributed by atoms with E-state index in [-0.39, 0.29) is 16.5 Å². The van der Waals surface area contributed by atoms with Crippen molar-refractivity contribution in [2.24, 2.45) is 0 Å². The first kappa shape index (κ1) is 17.4. The first-order valence-corrected chi connectivity index (χ1v) is 8.35. The predicted octanol–water partition coefficient (Wildman–Crippen LogP) is 3.61. The molecule has 1 atom stereocenters. The highest BCUT2D eigenvalue weighted by Crippen LogP contribution is 2.20. The van der Waals surface area contributed by atoms with Crippen molar-refractivity contribution in [1.82, 2.24) is 4.90 Å². The number of carbonyl (C=O) groups excluding carboxylic acids is 2. The Balaban J connectivity index is 1.67. The van der Waals surface area contributed by atoms with Gasteiger partial charge in [-0.25, -0.2) is 9.18 Å². The van der Waals surface area contributed by atoms with Crippen LogP contribution >= 0.6 is 11.6 Å². The minimum atomic E-state index is -1.00. The molecule has 0 saturated carbocycles. The monoisotopic (exact) mass is 361 g/mol. The Bertz CT molecular complexity index is 824. The Morgan fingerprint density at radius 1 is 1.20 bits per heavy atom. The summed E-state index contributed by atoms with van der Waals surface area (Å²) in [5.74, 6) is -1.94. The average molecular weight is 362 g/mol. The summed E-state index contributed by atoms with van der Waals surface area (Å²) in [4.78, 5) is 26.3. The van der Waals surface area contributed by atoms with Crippen LogP contribution in [0.4, 0.5) is 4.39 Å². The molecule has 2 aromatic rings. The molecule has 0 aliphatic carbocycles. The number of halogens is 2. The molecule has 2 aromatic carbocycles. The Kier molecular flexibility index (Phi) is 5.04. The van der Waals surface area contributed by atoms with Gasteiger partial charge in [0.2, 0.25) is 0 Å². The van der Waals surface area contributed by atoms with Crippen molar-refractivity contribution in [3.63, 3.8) is 0 Å². The average Bonchev–Trinajstić information content (AvgIpc) is 2.62. The molecule has 1 amide bonds. The molecule has 1 aliphatic rings. The van der Waals surface area contributed by atoms with Crippen molar-refractivity contribution in [3.05, 3.63) is 70.0 Å². The lowest BCUT2D eigenvalue weighted by Gasteiger charge is -2.30. The normalized spacial score (nSPS) is 14.6. The lowest BCUT2D eigenvalue weighted by molar-refractivity contribution is -0.140. The second kappa shape index (κ2) is 7.23. The highest BCUT2D eigenvalue weighted by molar-refractivity contribution is 6.30. The number of nitrogens with zero attached hydrogens (tertiary/aromatic N) is 1. The number of benzene rings is 2. The molecule has 0 bridgehead atoms. The molecule has 4 nitrogen and oxygen atoms in total. The number of fused-ring (bicyclic) bond motifs is 1. The zero-order valence-electron chi connectivity index (χ0n) is 13.7. The molecule has 0 N–H and O–H groups in total. The number of hydrogen-bond acceptors (Lipinski definition) is 3. The van der Waals surface area contributed by atoms with E-state index in [0.717, 1.165) is 18.1 Å². The van der Waals surface area contributed by atoms with Crippen LogP contribution in [-0.2, 0) is 22.5 Å². The molecule has 0 aromatic heterocycles. The number of amides is 1. The van der Waals surface area contributed by atoms with Crippen LogP contribution in [0.3, 0.4) is 0 Å². The van der Waals surface area contributed by atoms with E-state index in [1.54, 1.807) is 4.90 Å². The molecule has 0 fully saturated rings. The predicted molar refractivity (Wildman–Crippen MR) is 91.9 cm³/mol. The van der Waals surface area contributed by atoms with E-state index in [4.69, 9.17) is 16.3 Å². The van der Waals surface area contributed by atoms with Gasteiger partial charge >= 0.3 is 5.97 Å². The maximum absolute atomic E-state index is 13.7. The summed E-state index contributed by atoms with van der Waals surface area (Å²) in [6.45, 7) is 2.52. The topological polar surface area (TPSA) is 46.6 Å². The largest absolute Gasteiger partial charge is 0.449 e. The fourth-order valence-corrected chi connectivity index (χ4v) is 3.04. The van der Waals surface area contributed by atoms with Gasteiger partial charge in [-0.05, 0) is 42.7 Å². The van der Waals surface area contributed by atoms with Crippen molar-refractivity contribution >= 4 is 23.5 Å². The second-order valence-corrected chi connectivity index (χ2v) is 6.39. The highest BCUT2D eigenvalue weighted by Gasteiger charge is 2.28. The van der Waals surface area contributed by atoms with E-state index in [9.17, 15) is 14.0 Å². The smallest absolute Gasteiger partial charge is 0.341 e. The number of carbonyl (C=O) groups is 2. The van der Waals surface area contributed by atoms with Gasteiger partial charge in [0.1, 0.15) is 5.82 Å². The third-order valence-electron chi connectivity index (χ3n) is 4.22. The Hall–Kier alpha value is -2.40. The standard InChI is InChI=1S/C19H17ClFNO3/c1-12(25-19(24)16-10-15(20)6-7-17(16)21)18(23)22-9-8-13-4-2-3-5-14(13)11-22/h2-7,10,12H,8-9,11H2,1H3/t12-/m0/s1. The molecular weight excluding hydrogens is 345 g/mol. The van der Waals surface area contributed by atoms with Gasteiger partial charge in [0.25, 0.3) is 5.91 Å². The molecule has 130 valence electrons. The van der Waals surface area contributed by atoms with E-state index in [0.29, 0.717) is 13.1 Å². The van der Waals surface area contributed by atoms with Gasteiger partial charge in [-0.2, -0.15) is 0 Å². The Morgan fingerprint density at radius 3 is 2.68 bits per heavy atom. The summed E-state index contributed by atoms with van der Waals surface area (Å²) in [5, 5.41) is 0.222. The molecular formula is C19H17ClFNO3. The maximum atomic E-state index is 13.7. The van der Waals surface area contributed by atoms with Crippen LogP contribution in [0.5, 0.6) is 0 Å². The van der Waals surface area contributed by atoms with Gasteiger partial charge in [-0.3, -0.25) is 4.79 Å². The van der Waals surface area contributed by atoms with E-state index >= 15 is 0 Å². The van der Waals surface area contributed by atoms with Gasteiger partial charge in [0.05, 0.1) is 5.56 Å². The fourth-order valence-electron chi connectivity index (χ4n) is 2.87. The molecule has 1 heterocycles. The molecule has 6 heteroatoms. The minimum absolute atomic E-state index is 0.222. The van der Waals surface area contributed by atoms with Gasteiger partial charge in [-0.1, -0.05) is 35.9 Å². The number of hydrogen-bond donors (Lipinski definition) is 0. The van der Waals surface area contributed by atoms with Crippen LogP contribution in [-0.4, -0.2) is 29.4 Å². The first-order valence-electron chi connectivity index (χ1n) is 7.97. The number of esters is 1. The number of rotatable bonds is 3. The van der Waals surface area contributed by atoms with E-state index in [1.807, 2.05) is 24.3 Å². The Morgan fingerprint density at radius 2 is 1.92 bits per heavy atom. The molecule has 0 unspecified atom stereocenters. The van der Waals surface area contributed by atoms with Crippen molar-refractivity contribution < 1.29 is 18.7 Å². The van der Waals surface area contributed by atoms with Crippen molar-refractivity contribution in [2.45, 2.75) is 26.0 Å². The highest BCUT2D eigenvalue weighted by atomic mass is 35.5. The minimum Gasteiger partial charge on any atom is -0.449 e. The SMILES string of the molecule is C[C@H](OC(=O)c1cc(Cl)ccc1F)C(=O)N1CCc2ccccc2C1. The van der Waals surface area contributed by atoms with E-state index < -0.39 is 17.9 Å². The molecule has 0 saturated heterocycles. The quantitative estimate of drug-likeness (QED) is 0.785. The van der Waals surface area contributed by atoms with Crippen LogP contribution in [0.1, 0.15) is 28.4 Å². The second-order valence-electron chi connectivity index (χ2n) is 5.95. The first-order chi connectivity index (χ1) is 12.0. The van der Waals surface area contributed by atoms with Crippen LogP contribution in [0.15, 0.2) is 42.5 Å².